The average Bonchev–Trinajstić information content (AvgIpc) is 3.01. The lowest BCUT2D eigenvalue weighted by Gasteiger charge is -2.15. The normalized spacial score (nSPS) is 10.7. The standard InChI is InChI=1S/C15H26N8O/c1-5-8-17-13-19-14(21-15(20-13)23(3)24-4)18-9-6-7-12-16-10-11-22(12)2/h10-11H,5-9H2,1-4H3,(H2,17,18,19,20,21). The van der Waals surface area contributed by atoms with E-state index >= 15 is 0 Å². The molecule has 2 N–H and O–H groups in total. The van der Waals surface area contributed by atoms with Gasteiger partial charge < -0.3 is 15.2 Å². The Kier molecular flexibility index (Phi) is 6.74. The molecule has 0 saturated carbocycles. The minimum atomic E-state index is 0.456. The van der Waals surface area contributed by atoms with Crippen molar-refractivity contribution in [1.29, 1.82) is 0 Å². The summed E-state index contributed by atoms with van der Waals surface area (Å²) in [5.41, 5.74) is 0. The molecule has 0 spiro atoms. The van der Waals surface area contributed by atoms with Gasteiger partial charge in [0.15, 0.2) is 0 Å². The fourth-order valence-electron chi connectivity index (χ4n) is 2.07. The molecule has 0 aromatic carbocycles. The minimum absolute atomic E-state index is 0.456. The predicted molar refractivity (Wildman–Crippen MR) is 94.0 cm³/mol. The fourth-order valence-corrected chi connectivity index (χ4v) is 2.07. The highest BCUT2D eigenvalue weighted by atomic mass is 16.7. The molecule has 2 rings (SSSR count). The summed E-state index contributed by atoms with van der Waals surface area (Å²) in [5, 5.41) is 7.92. The first kappa shape index (κ1) is 17.9. The Morgan fingerprint density at radius 2 is 1.88 bits per heavy atom. The number of aromatic nitrogens is 5. The maximum absolute atomic E-state index is 5.15. The van der Waals surface area contributed by atoms with Crippen molar-refractivity contribution in [2.75, 3.05) is 42.9 Å². The van der Waals surface area contributed by atoms with Crippen LogP contribution in [-0.2, 0) is 18.3 Å². The molecule has 0 amide bonds. The SMILES string of the molecule is CCCNc1nc(NCCCc2nccn2C)nc(N(C)OC)n1. The van der Waals surface area contributed by atoms with Crippen LogP contribution in [0.3, 0.4) is 0 Å². The molecule has 9 heteroatoms. The molecule has 0 aliphatic rings. The van der Waals surface area contributed by atoms with Crippen molar-refractivity contribution in [3.63, 3.8) is 0 Å². The molecule has 0 aliphatic carbocycles. The van der Waals surface area contributed by atoms with Gasteiger partial charge in [-0.1, -0.05) is 6.92 Å². The lowest BCUT2D eigenvalue weighted by molar-refractivity contribution is 0.180. The van der Waals surface area contributed by atoms with Crippen molar-refractivity contribution >= 4 is 17.8 Å². The second-order valence-corrected chi connectivity index (χ2v) is 5.37. The molecule has 2 aromatic rings. The number of aryl methyl sites for hydroxylation is 2. The van der Waals surface area contributed by atoms with Crippen LogP contribution in [0.1, 0.15) is 25.6 Å². The third kappa shape index (κ3) is 5.05. The first-order valence-electron chi connectivity index (χ1n) is 8.12. The second-order valence-electron chi connectivity index (χ2n) is 5.37. The van der Waals surface area contributed by atoms with Gasteiger partial charge in [0.05, 0.1) is 7.11 Å². The van der Waals surface area contributed by atoms with Crippen LogP contribution in [0.2, 0.25) is 0 Å². The third-order valence-electron chi connectivity index (χ3n) is 3.49. The molecule has 0 atom stereocenters. The van der Waals surface area contributed by atoms with Crippen LogP contribution >= 0.6 is 0 Å². The number of hydrogen-bond acceptors (Lipinski definition) is 8. The van der Waals surface area contributed by atoms with Crippen LogP contribution in [0.4, 0.5) is 17.8 Å². The van der Waals surface area contributed by atoms with Crippen molar-refractivity contribution in [2.45, 2.75) is 26.2 Å². The third-order valence-corrected chi connectivity index (χ3v) is 3.49. The number of hydroxylamine groups is 1. The Labute approximate surface area is 142 Å². The average molecular weight is 334 g/mol. The van der Waals surface area contributed by atoms with Crippen molar-refractivity contribution in [2.24, 2.45) is 7.05 Å². The molecule has 0 bridgehead atoms. The van der Waals surface area contributed by atoms with Crippen molar-refractivity contribution < 1.29 is 4.84 Å². The number of rotatable bonds is 10. The van der Waals surface area contributed by atoms with Gasteiger partial charge in [0, 0.05) is 46.0 Å². The zero-order valence-electron chi connectivity index (χ0n) is 14.8. The summed E-state index contributed by atoms with van der Waals surface area (Å²) in [4.78, 5) is 22.6. The molecule has 0 unspecified atom stereocenters. The first-order chi connectivity index (χ1) is 11.6. The van der Waals surface area contributed by atoms with Crippen LogP contribution in [-0.4, -0.2) is 51.7 Å². The lowest BCUT2D eigenvalue weighted by Crippen LogP contribution is -2.20. The summed E-state index contributed by atoms with van der Waals surface area (Å²) in [6.45, 7) is 3.64. The summed E-state index contributed by atoms with van der Waals surface area (Å²) in [7, 11) is 5.33. The molecule has 0 radical (unpaired) electrons. The Hall–Kier alpha value is -2.42. The predicted octanol–water partition coefficient (Wildman–Crippen LogP) is 1.47. The van der Waals surface area contributed by atoms with Gasteiger partial charge in [-0.3, -0.25) is 4.84 Å². The highest BCUT2D eigenvalue weighted by Crippen LogP contribution is 2.12. The molecule has 24 heavy (non-hydrogen) atoms. The van der Waals surface area contributed by atoms with Gasteiger partial charge in [0.2, 0.25) is 11.9 Å². The molecular weight excluding hydrogens is 308 g/mol. The Morgan fingerprint density at radius 3 is 2.46 bits per heavy atom. The van der Waals surface area contributed by atoms with Gasteiger partial charge in [0.25, 0.3) is 5.95 Å². The largest absolute Gasteiger partial charge is 0.354 e. The maximum atomic E-state index is 5.15. The summed E-state index contributed by atoms with van der Waals surface area (Å²) >= 11 is 0. The van der Waals surface area contributed by atoms with E-state index in [-0.39, 0.29) is 0 Å². The summed E-state index contributed by atoms with van der Waals surface area (Å²) < 4.78 is 2.03. The van der Waals surface area contributed by atoms with Gasteiger partial charge in [-0.05, 0) is 12.8 Å². The van der Waals surface area contributed by atoms with E-state index in [1.165, 1.54) is 5.06 Å². The van der Waals surface area contributed by atoms with Gasteiger partial charge in [0.1, 0.15) is 5.82 Å². The monoisotopic (exact) mass is 334 g/mol. The van der Waals surface area contributed by atoms with E-state index in [4.69, 9.17) is 4.84 Å². The van der Waals surface area contributed by atoms with Gasteiger partial charge in [-0.25, -0.2) is 10.0 Å². The topological polar surface area (TPSA) is 93.0 Å². The molecule has 0 saturated heterocycles. The molecular formula is C15H26N8O. The van der Waals surface area contributed by atoms with Gasteiger partial charge in [-0.15, -0.1) is 0 Å². The molecule has 0 aliphatic heterocycles. The van der Waals surface area contributed by atoms with Crippen LogP contribution in [0, 0.1) is 0 Å². The van der Waals surface area contributed by atoms with Crippen LogP contribution in [0.25, 0.3) is 0 Å². The van der Waals surface area contributed by atoms with E-state index in [9.17, 15) is 0 Å². The summed E-state index contributed by atoms with van der Waals surface area (Å²) in [6, 6.07) is 0. The van der Waals surface area contributed by atoms with E-state index in [1.54, 1.807) is 14.2 Å². The smallest absolute Gasteiger partial charge is 0.256 e. The van der Waals surface area contributed by atoms with Crippen LogP contribution < -0.4 is 15.7 Å². The number of anilines is 3. The van der Waals surface area contributed by atoms with E-state index < -0.39 is 0 Å². The van der Waals surface area contributed by atoms with Crippen molar-refractivity contribution in [1.82, 2.24) is 24.5 Å². The number of imidazole rings is 1. The summed E-state index contributed by atoms with van der Waals surface area (Å²) in [5.74, 6) is 2.59. The molecule has 2 heterocycles. The fraction of sp³-hybridized carbons (Fsp3) is 0.600. The first-order valence-corrected chi connectivity index (χ1v) is 8.12. The van der Waals surface area contributed by atoms with E-state index in [0.29, 0.717) is 17.8 Å². The van der Waals surface area contributed by atoms with E-state index in [0.717, 1.165) is 38.2 Å². The Morgan fingerprint density at radius 1 is 1.17 bits per heavy atom. The van der Waals surface area contributed by atoms with E-state index in [1.807, 2.05) is 24.0 Å². The van der Waals surface area contributed by atoms with Crippen LogP contribution in [0.5, 0.6) is 0 Å². The van der Waals surface area contributed by atoms with Crippen molar-refractivity contribution in [3.05, 3.63) is 18.2 Å². The Bertz CT molecular complexity index is 630. The second kappa shape index (κ2) is 9.02. The molecule has 132 valence electrons. The Balaban J connectivity index is 1.95. The number of nitrogens with zero attached hydrogens (tertiary/aromatic N) is 6. The van der Waals surface area contributed by atoms with Gasteiger partial charge >= 0.3 is 0 Å². The molecule has 9 nitrogen and oxygen atoms in total. The summed E-state index contributed by atoms with van der Waals surface area (Å²) in [6.07, 6.45) is 6.59. The highest BCUT2D eigenvalue weighted by Gasteiger charge is 2.10. The zero-order valence-corrected chi connectivity index (χ0v) is 14.8. The minimum Gasteiger partial charge on any atom is -0.354 e. The zero-order chi connectivity index (χ0) is 17.4. The molecule has 2 aromatic heterocycles. The number of nitrogens with one attached hydrogen (secondary N) is 2. The molecule has 0 fully saturated rings. The van der Waals surface area contributed by atoms with Crippen molar-refractivity contribution in [3.8, 4) is 0 Å². The van der Waals surface area contributed by atoms with Gasteiger partial charge in [-0.2, -0.15) is 15.0 Å². The quantitative estimate of drug-likeness (QED) is 0.498. The van der Waals surface area contributed by atoms with Crippen LogP contribution in [0.15, 0.2) is 12.4 Å². The lowest BCUT2D eigenvalue weighted by atomic mass is 10.3. The number of hydrogen-bond donors (Lipinski definition) is 2. The maximum Gasteiger partial charge on any atom is 0.256 e. The van der Waals surface area contributed by atoms with E-state index in [2.05, 4.69) is 37.5 Å². The highest BCUT2D eigenvalue weighted by molar-refractivity contribution is 5.42.